The lowest BCUT2D eigenvalue weighted by Crippen LogP contribution is -2.43. The van der Waals surface area contributed by atoms with Gasteiger partial charge in [-0.2, -0.15) is 23.5 Å². The number of nitriles is 1. The topological polar surface area (TPSA) is 127 Å². The molecular weight excluding hydrogens is 573 g/mol. The molecule has 0 fully saturated rings. The fourth-order valence-corrected chi connectivity index (χ4v) is 4.65. The molecule has 1 aliphatic heterocycles. The normalized spacial score (nSPS) is 19.1. The second-order valence-electron chi connectivity index (χ2n) is 10.6. The SMILES string of the molecule is C=CC1(F)C[C@@H](N)C(=O)N(Cc2ccc(-n3cc(C(F)(F)F)cn3)cc2)c2cc(-c3nnc(C(C)(C)C#N)o3)c(F)cc21. The van der Waals surface area contributed by atoms with Crippen LogP contribution in [0.15, 0.2) is 65.9 Å². The smallest absolute Gasteiger partial charge is 0.419 e. The molecule has 1 unspecified atom stereocenters. The van der Waals surface area contributed by atoms with Crippen LogP contribution >= 0.6 is 0 Å². The molecule has 14 heteroatoms. The van der Waals surface area contributed by atoms with Crippen LogP contribution in [0.1, 0.15) is 42.8 Å². The maximum absolute atomic E-state index is 16.2. The quantitative estimate of drug-likeness (QED) is 0.230. The summed E-state index contributed by atoms with van der Waals surface area (Å²) in [5.41, 5.74) is 2.01. The lowest BCUT2D eigenvalue weighted by Gasteiger charge is -2.26. The monoisotopic (exact) mass is 597 g/mol. The average Bonchev–Trinajstić information content (AvgIpc) is 3.66. The van der Waals surface area contributed by atoms with Crippen molar-refractivity contribution in [2.24, 2.45) is 5.73 Å². The summed E-state index contributed by atoms with van der Waals surface area (Å²) in [5, 5.41) is 20.8. The fraction of sp³-hybridized carbons (Fsp3) is 0.276. The highest BCUT2D eigenvalue weighted by Gasteiger charge is 2.43. The summed E-state index contributed by atoms with van der Waals surface area (Å²) in [6, 6.07) is 8.93. The van der Waals surface area contributed by atoms with Crippen molar-refractivity contribution in [3.8, 4) is 23.2 Å². The van der Waals surface area contributed by atoms with Gasteiger partial charge in [0.25, 0.3) is 5.89 Å². The molecule has 5 rings (SSSR count). The van der Waals surface area contributed by atoms with Gasteiger partial charge in [0, 0.05) is 18.2 Å². The first-order valence-electron chi connectivity index (χ1n) is 12.9. The van der Waals surface area contributed by atoms with E-state index in [0.717, 1.165) is 23.0 Å². The number of aromatic nitrogens is 4. The van der Waals surface area contributed by atoms with E-state index in [1.54, 1.807) is 12.1 Å². The number of hydrogen-bond donors (Lipinski definition) is 1. The van der Waals surface area contributed by atoms with Crippen molar-refractivity contribution in [1.82, 2.24) is 20.0 Å². The van der Waals surface area contributed by atoms with Gasteiger partial charge in [-0.1, -0.05) is 24.8 Å². The molecule has 0 radical (unpaired) electrons. The van der Waals surface area contributed by atoms with Crippen LogP contribution in [0, 0.1) is 17.1 Å². The molecule has 0 saturated heterocycles. The lowest BCUT2D eigenvalue weighted by atomic mass is 9.88. The first-order valence-corrected chi connectivity index (χ1v) is 12.9. The van der Waals surface area contributed by atoms with Gasteiger partial charge in [0.1, 0.15) is 11.2 Å². The maximum Gasteiger partial charge on any atom is 0.419 e. The van der Waals surface area contributed by atoms with Crippen molar-refractivity contribution < 1.29 is 31.2 Å². The molecule has 4 aromatic rings. The summed E-state index contributed by atoms with van der Waals surface area (Å²) < 4.78 is 77.3. The first kappa shape index (κ1) is 29.6. The molecule has 2 N–H and O–H groups in total. The van der Waals surface area contributed by atoms with E-state index in [1.165, 1.54) is 36.9 Å². The van der Waals surface area contributed by atoms with E-state index in [9.17, 15) is 23.2 Å². The Morgan fingerprint density at radius 1 is 1.23 bits per heavy atom. The van der Waals surface area contributed by atoms with E-state index in [4.69, 9.17) is 10.2 Å². The molecular formula is C29H24F5N7O2. The second kappa shape index (κ2) is 10.4. The number of nitrogens with two attached hydrogens (primary N) is 1. The molecule has 0 bridgehead atoms. The van der Waals surface area contributed by atoms with Gasteiger partial charge in [0.2, 0.25) is 11.8 Å². The summed E-state index contributed by atoms with van der Waals surface area (Å²) in [5.74, 6) is -1.94. The number of nitrogens with zero attached hydrogens (tertiary/aromatic N) is 6. The number of benzene rings is 2. The highest BCUT2D eigenvalue weighted by Crippen LogP contribution is 2.44. The highest BCUT2D eigenvalue weighted by atomic mass is 19.4. The summed E-state index contributed by atoms with van der Waals surface area (Å²) in [6.45, 7) is 6.46. The lowest BCUT2D eigenvalue weighted by molar-refractivity contribution is -0.137. The third kappa shape index (κ3) is 5.39. The van der Waals surface area contributed by atoms with Crippen molar-refractivity contribution in [2.45, 2.75) is 50.1 Å². The molecule has 43 heavy (non-hydrogen) atoms. The molecule has 2 aromatic carbocycles. The minimum absolute atomic E-state index is 0.0259. The van der Waals surface area contributed by atoms with Crippen molar-refractivity contribution in [3.05, 3.63) is 89.8 Å². The Balaban J connectivity index is 1.56. The molecule has 0 spiro atoms. The van der Waals surface area contributed by atoms with Crippen LogP contribution in [0.5, 0.6) is 0 Å². The van der Waals surface area contributed by atoms with Gasteiger partial charge in [-0.15, -0.1) is 10.2 Å². The molecule has 1 aliphatic rings. The van der Waals surface area contributed by atoms with Crippen molar-refractivity contribution in [1.29, 1.82) is 5.26 Å². The number of amides is 1. The van der Waals surface area contributed by atoms with E-state index in [-0.39, 0.29) is 35.1 Å². The predicted molar refractivity (Wildman–Crippen MR) is 144 cm³/mol. The summed E-state index contributed by atoms with van der Waals surface area (Å²) in [6.07, 6.45) is -2.55. The number of rotatable bonds is 6. The third-order valence-electron chi connectivity index (χ3n) is 7.17. The average molecular weight is 598 g/mol. The van der Waals surface area contributed by atoms with Gasteiger partial charge < -0.3 is 15.1 Å². The van der Waals surface area contributed by atoms with Crippen LogP contribution in [0.2, 0.25) is 0 Å². The maximum atomic E-state index is 16.2. The van der Waals surface area contributed by atoms with Crippen LogP contribution in [0.25, 0.3) is 17.1 Å². The van der Waals surface area contributed by atoms with Crippen LogP contribution < -0.4 is 10.6 Å². The third-order valence-corrected chi connectivity index (χ3v) is 7.17. The Bertz CT molecular complexity index is 1750. The van der Waals surface area contributed by atoms with Crippen LogP contribution in [0.3, 0.4) is 0 Å². The Kier molecular flexibility index (Phi) is 7.17. The number of fused-ring (bicyclic) bond motifs is 1. The largest absolute Gasteiger partial charge is 0.419 e. The van der Waals surface area contributed by atoms with Crippen molar-refractivity contribution in [3.63, 3.8) is 0 Å². The molecule has 222 valence electrons. The second-order valence-corrected chi connectivity index (χ2v) is 10.6. The summed E-state index contributed by atoms with van der Waals surface area (Å²) >= 11 is 0. The summed E-state index contributed by atoms with van der Waals surface area (Å²) in [4.78, 5) is 14.7. The predicted octanol–water partition coefficient (Wildman–Crippen LogP) is 5.50. The fourth-order valence-electron chi connectivity index (χ4n) is 4.65. The molecule has 0 saturated carbocycles. The minimum Gasteiger partial charge on any atom is -0.419 e. The Morgan fingerprint density at radius 2 is 1.93 bits per heavy atom. The van der Waals surface area contributed by atoms with E-state index in [2.05, 4.69) is 21.9 Å². The van der Waals surface area contributed by atoms with Crippen LogP contribution in [-0.4, -0.2) is 31.9 Å². The van der Waals surface area contributed by atoms with Crippen molar-refractivity contribution in [2.75, 3.05) is 4.90 Å². The number of halogens is 5. The van der Waals surface area contributed by atoms with E-state index in [1.807, 2.05) is 6.07 Å². The zero-order valence-corrected chi connectivity index (χ0v) is 22.9. The molecule has 2 aromatic heterocycles. The van der Waals surface area contributed by atoms with Crippen LogP contribution in [0.4, 0.5) is 27.6 Å². The number of allylic oxidation sites excluding steroid dienone is 1. The van der Waals surface area contributed by atoms with Gasteiger partial charge in [-0.05, 0) is 43.7 Å². The van der Waals surface area contributed by atoms with E-state index < -0.39 is 47.0 Å². The van der Waals surface area contributed by atoms with Gasteiger partial charge >= 0.3 is 6.18 Å². The number of carbonyl (C=O) groups excluding carboxylic acids is 1. The number of anilines is 1. The Morgan fingerprint density at radius 3 is 2.53 bits per heavy atom. The standard InChI is InChI=1S/C29H24F5N7O2/c1-4-28(31)11-22(36)25(42)40(13-16-5-7-18(8-6-16)41-14-17(12-37-41)29(32,33)34)23-9-19(21(30)10-20(23)28)24-38-39-26(43-24)27(2,3)15-35/h4-10,12,14,22H,1,11,13,36H2,2-3H3/t22-,28?/m1/s1. The minimum atomic E-state index is -4.55. The Hall–Kier alpha value is -4.90. The zero-order chi connectivity index (χ0) is 31.3. The number of hydrogen-bond acceptors (Lipinski definition) is 7. The van der Waals surface area contributed by atoms with E-state index >= 15 is 8.78 Å². The highest BCUT2D eigenvalue weighted by molar-refractivity contribution is 5.99. The Labute approximate surface area is 242 Å². The van der Waals surface area contributed by atoms with E-state index in [0.29, 0.717) is 17.4 Å². The summed E-state index contributed by atoms with van der Waals surface area (Å²) in [7, 11) is 0. The van der Waals surface area contributed by atoms with Gasteiger partial charge in [-0.3, -0.25) is 4.79 Å². The molecule has 3 heterocycles. The van der Waals surface area contributed by atoms with Crippen molar-refractivity contribution >= 4 is 11.6 Å². The van der Waals surface area contributed by atoms with Gasteiger partial charge in [0.15, 0.2) is 5.67 Å². The number of carbonyl (C=O) groups is 1. The zero-order valence-electron chi connectivity index (χ0n) is 22.9. The van der Waals surface area contributed by atoms with Gasteiger partial charge in [0.05, 0.1) is 47.4 Å². The molecule has 0 aliphatic carbocycles. The first-order chi connectivity index (χ1) is 20.2. The number of alkyl halides is 4. The molecule has 2 atom stereocenters. The molecule has 1 amide bonds. The molecule has 9 nitrogen and oxygen atoms in total. The van der Waals surface area contributed by atoms with Crippen LogP contribution in [-0.2, 0) is 28.6 Å². The van der Waals surface area contributed by atoms with Gasteiger partial charge in [-0.25, -0.2) is 13.5 Å².